The number of hydrogen-bond donors (Lipinski definition) is 0. The number of nitrogens with zero attached hydrogens (tertiary/aromatic N) is 5. The van der Waals surface area contributed by atoms with E-state index in [0.29, 0.717) is 31.5 Å². The van der Waals surface area contributed by atoms with E-state index < -0.39 is 0 Å². The number of rotatable bonds is 2. The average Bonchev–Trinajstić information content (AvgIpc) is 3.42. The summed E-state index contributed by atoms with van der Waals surface area (Å²) < 4.78 is 19.8. The van der Waals surface area contributed by atoms with Crippen molar-refractivity contribution in [1.82, 2.24) is 19.7 Å². The van der Waals surface area contributed by atoms with E-state index in [2.05, 4.69) is 19.5 Å². The Bertz CT molecular complexity index is 827. The molecule has 2 aromatic rings. The maximum Gasteiger partial charge on any atom is 0.168 e. The number of morpholine rings is 1. The second kappa shape index (κ2) is 6.12. The van der Waals surface area contributed by atoms with Gasteiger partial charge in [-0.05, 0) is 25.7 Å². The van der Waals surface area contributed by atoms with Gasteiger partial charge in [-0.1, -0.05) is 0 Å². The molecule has 0 N–H and O–H groups in total. The zero-order chi connectivity index (χ0) is 17.8. The minimum atomic E-state index is -0.341. The van der Waals surface area contributed by atoms with Gasteiger partial charge in [0.25, 0.3) is 0 Å². The molecule has 2 atom stereocenters. The molecule has 4 fully saturated rings. The SMILES string of the molecule is c1nc(N2CC3CCC(C2)O3)c2cnn(C3CCC4(CC3)OCCO4)c2n1. The van der Waals surface area contributed by atoms with E-state index in [1.54, 1.807) is 6.33 Å². The van der Waals surface area contributed by atoms with Crippen molar-refractivity contribution in [3.8, 4) is 0 Å². The molecule has 3 aliphatic heterocycles. The van der Waals surface area contributed by atoms with Crippen LogP contribution in [0.5, 0.6) is 0 Å². The number of aromatic nitrogens is 4. The Kier molecular flexibility index (Phi) is 3.67. The van der Waals surface area contributed by atoms with Crippen LogP contribution in [-0.4, -0.2) is 64.0 Å². The van der Waals surface area contributed by atoms with Gasteiger partial charge in [0.2, 0.25) is 0 Å². The molecule has 4 aliphatic rings. The molecule has 144 valence electrons. The zero-order valence-corrected chi connectivity index (χ0v) is 15.4. The summed E-state index contributed by atoms with van der Waals surface area (Å²) in [7, 11) is 0. The van der Waals surface area contributed by atoms with Crippen molar-refractivity contribution >= 4 is 16.9 Å². The highest BCUT2D eigenvalue weighted by Gasteiger charge is 2.41. The first-order valence-corrected chi connectivity index (χ1v) is 10.2. The second-order valence-electron chi connectivity index (χ2n) is 8.22. The lowest BCUT2D eigenvalue weighted by atomic mass is 9.90. The van der Waals surface area contributed by atoms with Gasteiger partial charge in [0, 0.05) is 25.9 Å². The van der Waals surface area contributed by atoms with Gasteiger partial charge in [0.05, 0.1) is 43.0 Å². The topological polar surface area (TPSA) is 74.5 Å². The summed E-state index contributed by atoms with van der Waals surface area (Å²) in [6.45, 7) is 3.25. The summed E-state index contributed by atoms with van der Waals surface area (Å²) in [5.74, 6) is 0.661. The van der Waals surface area contributed by atoms with E-state index >= 15 is 0 Å². The lowest BCUT2D eigenvalue weighted by Crippen LogP contribution is -2.43. The predicted octanol–water partition coefficient (Wildman–Crippen LogP) is 2.05. The van der Waals surface area contributed by atoms with Crippen LogP contribution in [0.4, 0.5) is 5.82 Å². The van der Waals surface area contributed by atoms with Crippen LogP contribution >= 0.6 is 0 Å². The van der Waals surface area contributed by atoms with Crippen molar-refractivity contribution in [3.63, 3.8) is 0 Å². The zero-order valence-electron chi connectivity index (χ0n) is 15.4. The Hall–Kier alpha value is -1.77. The molecular weight excluding hydrogens is 346 g/mol. The first kappa shape index (κ1) is 16.2. The third-order valence-electron chi connectivity index (χ3n) is 6.59. The van der Waals surface area contributed by atoms with Crippen molar-refractivity contribution < 1.29 is 14.2 Å². The van der Waals surface area contributed by atoms with Gasteiger partial charge in [-0.15, -0.1) is 0 Å². The minimum absolute atomic E-state index is 0.338. The number of ether oxygens (including phenoxy) is 3. The van der Waals surface area contributed by atoms with Crippen LogP contribution in [0.3, 0.4) is 0 Å². The number of fused-ring (bicyclic) bond motifs is 3. The van der Waals surface area contributed by atoms with Gasteiger partial charge in [-0.3, -0.25) is 0 Å². The fourth-order valence-electron chi connectivity index (χ4n) is 5.23. The largest absolute Gasteiger partial charge is 0.371 e. The van der Waals surface area contributed by atoms with Gasteiger partial charge in [0.1, 0.15) is 12.1 Å². The summed E-state index contributed by atoms with van der Waals surface area (Å²) in [5.41, 5.74) is 0.938. The molecule has 2 aromatic heterocycles. The molecule has 8 heteroatoms. The van der Waals surface area contributed by atoms with E-state index in [1.807, 2.05) is 6.20 Å². The highest BCUT2D eigenvalue weighted by molar-refractivity contribution is 5.86. The van der Waals surface area contributed by atoms with Gasteiger partial charge < -0.3 is 19.1 Å². The Labute approximate surface area is 157 Å². The van der Waals surface area contributed by atoms with Gasteiger partial charge in [-0.2, -0.15) is 5.10 Å². The molecule has 1 spiro atoms. The number of anilines is 1. The molecule has 8 nitrogen and oxygen atoms in total. The van der Waals surface area contributed by atoms with E-state index in [9.17, 15) is 0 Å². The molecule has 0 aromatic carbocycles. The molecule has 2 bridgehead atoms. The van der Waals surface area contributed by atoms with Crippen molar-refractivity contribution in [3.05, 3.63) is 12.5 Å². The summed E-state index contributed by atoms with van der Waals surface area (Å²) in [4.78, 5) is 11.6. The molecule has 0 radical (unpaired) electrons. The summed E-state index contributed by atoms with van der Waals surface area (Å²) in [5, 5.41) is 5.77. The summed E-state index contributed by atoms with van der Waals surface area (Å²) >= 11 is 0. The van der Waals surface area contributed by atoms with Crippen LogP contribution in [-0.2, 0) is 14.2 Å². The third-order valence-corrected chi connectivity index (χ3v) is 6.59. The minimum Gasteiger partial charge on any atom is -0.371 e. The van der Waals surface area contributed by atoms with Gasteiger partial charge in [-0.25, -0.2) is 14.6 Å². The monoisotopic (exact) mass is 371 g/mol. The fraction of sp³-hybridized carbons (Fsp3) is 0.737. The quantitative estimate of drug-likeness (QED) is 0.800. The Morgan fingerprint density at radius 1 is 0.963 bits per heavy atom. The molecule has 2 unspecified atom stereocenters. The highest BCUT2D eigenvalue weighted by Crippen LogP contribution is 2.41. The van der Waals surface area contributed by atoms with Crippen LogP contribution in [0.2, 0.25) is 0 Å². The maximum absolute atomic E-state index is 5.98. The van der Waals surface area contributed by atoms with E-state index in [0.717, 1.165) is 68.5 Å². The van der Waals surface area contributed by atoms with Gasteiger partial charge >= 0.3 is 0 Å². The molecule has 0 amide bonds. The van der Waals surface area contributed by atoms with Crippen LogP contribution in [0.1, 0.15) is 44.6 Å². The molecule has 5 heterocycles. The predicted molar refractivity (Wildman–Crippen MR) is 97.6 cm³/mol. The van der Waals surface area contributed by atoms with Crippen molar-refractivity contribution in [2.24, 2.45) is 0 Å². The second-order valence-corrected chi connectivity index (χ2v) is 8.22. The molecule has 1 saturated carbocycles. The molecule has 27 heavy (non-hydrogen) atoms. The van der Waals surface area contributed by atoms with E-state index in [-0.39, 0.29) is 5.79 Å². The van der Waals surface area contributed by atoms with Crippen LogP contribution in [0, 0.1) is 0 Å². The maximum atomic E-state index is 5.98. The van der Waals surface area contributed by atoms with Crippen molar-refractivity contribution in [2.75, 3.05) is 31.2 Å². The summed E-state index contributed by atoms with van der Waals surface area (Å²) in [6.07, 6.45) is 10.4. The first-order valence-electron chi connectivity index (χ1n) is 10.2. The lowest BCUT2D eigenvalue weighted by molar-refractivity contribution is -0.181. The Balaban J connectivity index is 1.28. The molecule has 1 aliphatic carbocycles. The Morgan fingerprint density at radius 2 is 1.70 bits per heavy atom. The summed E-state index contributed by atoms with van der Waals surface area (Å²) in [6, 6.07) is 0.338. The standard InChI is InChI=1S/C19H25N5O3/c1-2-15-11-23(10-14(1)27-15)17-16-9-22-24(18(16)21-12-20-17)13-3-5-19(6-4-13)25-7-8-26-19/h9,12-15H,1-8,10-11H2. The van der Waals surface area contributed by atoms with Gasteiger partial charge in [0.15, 0.2) is 11.4 Å². The van der Waals surface area contributed by atoms with E-state index in [4.69, 9.17) is 19.3 Å². The van der Waals surface area contributed by atoms with Crippen molar-refractivity contribution in [2.45, 2.75) is 62.6 Å². The third kappa shape index (κ3) is 2.65. The normalized spacial score (nSPS) is 30.6. The molecule has 3 saturated heterocycles. The Morgan fingerprint density at radius 3 is 2.44 bits per heavy atom. The van der Waals surface area contributed by atoms with E-state index in [1.165, 1.54) is 0 Å². The van der Waals surface area contributed by atoms with Crippen LogP contribution < -0.4 is 4.90 Å². The highest BCUT2D eigenvalue weighted by atomic mass is 16.7. The smallest absolute Gasteiger partial charge is 0.168 e. The molecular formula is C19H25N5O3. The first-order chi connectivity index (χ1) is 13.3. The average molecular weight is 371 g/mol. The van der Waals surface area contributed by atoms with Crippen LogP contribution in [0.15, 0.2) is 12.5 Å². The number of hydrogen-bond acceptors (Lipinski definition) is 7. The van der Waals surface area contributed by atoms with Crippen molar-refractivity contribution in [1.29, 1.82) is 0 Å². The van der Waals surface area contributed by atoms with Crippen LogP contribution in [0.25, 0.3) is 11.0 Å². The fourth-order valence-corrected chi connectivity index (χ4v) is 5.23. The molecule has 6 rings (SSSR count). The lowest BCUT2D eigenvalue weighted by Gasteiger charge is -2.35.